The topological polar surface area (TPSA) is 21.7 Å². The van der Waals surface area contributed by atoms with Crippen LogP contribution in [-0.2, 0) is 6.42 Å². The molecule has 2 atom stereocenters. The van der Waals surface area contributed by atoms with Crippen LogP contribution in [-0.4, -0.2) is 37.7 Å². The zero-order valence-electron chi connectivity index (χ0n) is 13.5. The average molecular weight is 289 g/mol. The lowest BCUT2D eigenvalue weighted by atomic mass is 9.80. The molecule has 1 aliphatic heterocycles. The summed E-state index contributed by atoms with van der Waals surface area (Å²) in [6.07, 6.45) is 4.78. The van der Waals surface area contributed by atoms with E-state index >= 15 is 0 Å². The summed E-state index contributed by atoms with van der Waals surface area (Å²) in [6, 6.07) is 4.78. The average Bonchev–Trinajstić information content (AvgIpc) is 2.92. The first kappa shape index (κ1) is 14.7. The summed E-state index contributed by atoms with van der Waals surface area (Å²) in [4.78, 5) is 2.67. The van der Waals surface area contributed by atoms with E-state index in [1.165, 1.54) is 43.5 Å². The Labute approximate surface area is 128 Å². The minimum absolute atomic E-state index is 0.556. The van der Waals surface area contributed by atoms with Crippen LogP contribution in [0, 0.1) is 0 Å². The highest BCUT2D eigenvalue weighted by Gasteiger charge is 2.37. The van der Waals surface area contributed by atoms with Crippen LogP contribution in [0.3, 0.4) is 0 Å². The van der Waals surface area contributed by atoms with Gasteiger partial charge in [0.25, 0.3) is 0 Å². The number of nitrogens with zero attached hydrogens (tertiary/aromatic N) is 1. The van der Waals surface area contributed by atoms with Crippen LogP contribution in [0.4, 0.5) is 0 Å². The molecule has 3 rings (SSSR count). The number of benzene rings is 1. The van der Waals surface area contributed by atoms with E-state index in [1.54, 1.807) is 7.11 Å². The first-order valence-electron chi connectivity index (χ1n) is 8.35. The molecule has 2 aliphatic rings. The van der Waals surface area contributed by atoms with Gasteiger partial charge in [0.05, 0.1) is 13.7 Å². The predicted molar refractivity (Wildman–Crippen MR) is 85.5 cm³/mol. The standard InChI is InChI=1S/C18H27NO2/c1-4-8-19(9-5-2)14-10-13-12-21-17-7-6-16(20-3)15(11-14)18(13)17/h6-7,13-14H,4-5,8-12H2,1-3H3/t13-,14-/m1/s1. The summed E-state index contributed by atoms with van der Waals surface area (Å²) in [7, 11) is 1.78. The summed E-state index contributed by atoms with van der Waals surface area (Å²) in [5.41, 5.74) is 2.82. The number of rotatable bonds is 6. The lowest BCUT2D eigenvalue weighted by Gasteiger charge is -2.37. The minimum atomic E-state index is 0.556. The fraction of sp³-hybridized carbons (Fsp3) is 0.667. The van der Waals surface area contributed by atoms with Crippen molar-refractivity contribution in [2.24, 2.45) is 0 Å². The number of ether oxygens (including phenoxy) is 2. The first-order valence-corrected chi connectivity index (χ1v) is 8.35. The van der Waals surface area contributed by atoms with Gasteiger partial charge in [-0.05, 0) is 50.9 Å². The molecule has 0 saturated heterocycles. The molecule has 1 aliphatic carbocycles. The third kappa shape index (κ3) is 2.64. The van der Waals surface area contributed by atoms with Crippen LogP contribution in [0.15, 0.2) is 12.1 Å². The van der Waals surface area contributed by atoms with Gasteiger partial charge < -0.3 is 14.4 Å². The molecule has 0 N–H and O–H groups in total. The lowest BCUT2D eigenvalue weighted by Crippen LogP contribution is -2.41. The second kappa shape index (κ2) is 6.27. The quantitative estimate of drug-likeness (QED) is 0.798. The minimum Gasteiger partial charge on any atom is -0.496 e. The van der Waals surface area contributed by atoms with Crippen molar-refractivity contribution < 1.29 is 9.47 Å². The van der Waals surface area contributed by atoms with Crippen molar-refractivity contribution in [3.8, 4) is 11.5 Å². The molecule has 0 radical (unpaired) electrons. The normalized spacial score (nSPS) is 23.0. The second-order valence-electron chi connectivity index (χ2n) is 6.30. The van der Waals surface area contributed by atoms with E-state index in [9.17, 15) is 0 Å². The monoisotopic (exact) mass is 289 g/mol. The smallest absolute Gasteiger partial charge is 0.123 e. The molecule has 1 aromatic carbocycles. The van der Waals surface area contributed by atoms with E-state index in [4.69, 9.17) is 9.47 Å². The highest BCUT2D eigenvalue weighted by atomic mass is 16.5. The summed E-state index contributed by atoms with van der Waals surface area (Å²) >= 11 is 0. The maximum atomic E-state index is 5.90. The molecule has 0 aromatic heterocycles. The molecule has 3 heteroatoms. The van der Waals surface area contributed by atoms with Gasteiger partial charge in [-0.25, -0.2) is 0 Å². The third-order valence-corrected chi connectivity index (χ3v) is 4.88. The van der Waals surface area contributed by atoms with Gasteiger partial charge in [-0.3, -0.25) is 0 Å². The predicted octanol–water partition coefficient (Wildman–Crippen LogP) is 3.61. The molecule has 0 fully saturated rings. The third-order valence-electron chi connectivity index (χ3n) is 4.88. The van der Waals surface area contributed by atoms with Gasteiger partial charge in [0, 0.05) is 23.1 Å². The molecule has 0 saturated carbocycles. The Bertz CT molecular complexity index is 494. The summed E-state index contributed by atoms with van der Waals surface area (Å²) in [6.45, 7) is 7.79. The van der Waals surface area contributed by atoms with Gasteiger partial charge >= 0.3 is 0 Å². The van der Waals surface area contributed by atoms with Gasteiger partial charge in [-0.15, -0.1) is 0 Å². The summed E-state index contributed by atoms with van der Waals surface area (Å²) < 4.78 is 11.5. The van der Waals surface area contributed by atoms with E-state index in [0.29, 0.717) is 12.0 Å². The highest BCUT2D eigenvalue weighted by Crippen LogP contribution is 2.47. The highest BCUT2D eigenvalue weighted by molar-refractivity contribution is 5.54. The van der Waals surface area contributed by atoms with Crippen molar-refractivity contribution in [3.05, 3.63) is 23.3 Å². The summed E-state index contributed by atoms with van der Waals surface area (Å²) in [5.74, 6) is 2.69. The van der Waals surface area contributed by atoms with Gasteiger partial charge in [0.1, 0.15) is 11.5 Å². The first-order chi connectivity index (χ1) is 10.3. The van der Waals surface area contributed by atoms with Gasteiger partial charge in [-0.2, -0.15) is 0 Å². The second-order valence-corrected chi connectivity index (χ2v) is 6.30. The number of methoxy groups -OCH3 is 1. The van der Waals surface area contributed by atoms with Gasteiger partial charge in [0.15, 0.2) is 0 Å². The van der Waals surface area contributed by atoms with Gasteiger partial charge in [-0.1, -0.05) is 13.8 Å². The van der Waals surface area contributed by atoms with Crippen LogP contribution in [0.2, 0.25) is 0 Å². The van der Waals surface area contributed by atoms with Crippen LogP contribution in [0.25, 0.3) is 0 Å². The molecule has 0 bridgehead atoms. The van der Waals surface area contributed by atoms with Gasteiger partial charge in [0.2, 0.25) is 0 Å². The Hall–Kier alpha value is -1.22. The molecule has 21 heavy (non-hydrogen) atoms. The fourth-order valence-corrected chi connectivity index (χ4v) is 4.03. The largest absolute Gasteiger partial charge is 0.496 e. The Kier molecular flexibility index (Phi) is 4.39. The number of hydrogen-bond donors (Lipinski definition) is 0. The molecule has 3 nitrogen and oxygen atoms in total. The van der Waals surface area contributed by atoms with E-state index < -0.39 is 0 Å². The Balaban J connectivity index is 1.90. The van der Waals surface area contributed by atoms with E-state index in [-0.39, 0.29) is 0 Å². The zero-order chi connectivity index (χ0) is 14.8. The van der Waals surface area contributed by atoms with E-state index in [2.05, 4.69) is 30.9 Å². The summed E-state index contributed by atoms with van der Waals surface area (Å²) in [5, 5.41) is 0. The van der Waals surface area contributed by atoms with Crippen molar-refractivity contribution in [3.63, 3.8) is 0 Å². The SMILES string of the molecule is CCCN(CCC)[C@H]1Cc2c(OC)ccc3c2[C@@H](CO3)C1. The Morgan fingerprint density at radius 3 is 2.67 bits per heavy atom. The van der Waals surface area contributed by atoms with Crippen LogP contribution in [0.1, 0.15) is 50.2 Å². The van der Waals surface area contributed by atoms with Crippen molar-refractivity contribution in [1.82, 2.24) is 4.90 Å². The molecule has 116 valence electrons. The van der Waals surface area contributed by atoms with E-state index in [0.717, 1.165) is 24.5 Å². The van der Waals surface area contributed by atoms with Crippen molar-refractivity contribution in [1.29, 1.82) is 0 Å². The lowest BCUT2D eigenvalue weighted by molar-refractivity contribution is 0.164. The van der Waals surface area contributed by atoms with Crippen molar-refractivity contribution in [2.75, 3.05) is 26.8 Å². The Morgan fingerprint density at radius 2 is 2.00 bits per heavy atom. The van der Waals surface area contributed by atoms with Crippen molar-refractivity contribution in [2.45, 2.75) is 51.5 Å². The molecule has 0 unspecified atom stereocenters. The molecule has 0 amide bonds. The molecule has 0 spiro atoms. The number of hydrogen-bond acceptors (Lipinski definition) is 3. The molecular weight excluding hydrogens is 262 g/mol. The van der Waals surface area contributed by atoms with Crippen molar-refractivity contribution >= 4 is 0 Å². The molecule has 1 aromatic rings. The fourth-order valence-electron chi connectivity index (χ4n) is 4.03. The van der Waals surface area contributed by atoms with Crippen LogP contribution in [0.5, 0.6) is 11.5 Å². The maximum absolute atomic E-state index is 5.90. The van der Waals surface area contributed by atoms with Crippen LogP contribution < -0.4 is 9.47 Å². The van der Waals surface area contributed by atoms with Crippen LogP contribution >= 0.6 is 0 Å². The maximum Gasteiger partial charge on any atom is 0.123 e. The molecule has 1 heterocycles. The zero-order valence-corrected chi connectivity index (χ0v) is 13.5. The molecular formula is C18H27NO2. The van der Waals surface area contributed by atoms with E-state index in [1.807, 2.05) is 0 Å². The Morgan fingerprint density at radius 1 is 1.24 bits per heavy atom.